The lowest BCUT2D eigenvalue weighted by Gasteiger charge is -2.32. The number of nitrogens with zero attached hydrogens (tertiary/aromatic N) is 2. The van der Waals surface area contributed by atoms with Crippen molar-refractivity contribution in [1.82, 2.24) is 4.90 Å². The molecule has 0 radical (unpaired) electrons. The summed E-state index contributed by atoms with van der Waals surface area (Å²) >= 11 is 6.17. The molecule has 1 aromatic carbocycles. The van der Waals surface area contributed by atoms with Crippen molar-refractivity contribution in [2.75, 3.05) is 31.1 Å². The minimum atomic E-state index is -0.350. The maximum absolute atomic E-state index is 12.9. The summed E-state index contributed by atoms with van der Waals surface area (Å²) in [6.45, 7) is 5.51. The predicted octanol–water partition coefficient (Wildman–Crippen LogP) is 2.80. The second kappa shape index (κ2) is 8.30. The van der Waals surface area contributed by atoms with Gasteiger partial charge >= 0.3 is 5.97 Å². The number of carbonyl (C=O) groups is 3. The van der Waals surface area contributed by atoms with Gasteiger partial charge in [0.05, 0.1) is 18.4 Å². The Morgan fingerprint density at radius 1 is 1.22 bits per heavy atom. The number of halogens is 1. The van der Waals surface area contributed by atoms with Crippen molar-refractivity contribution in [2.24, 2.45) is 11.8 Å². The maximum atomic E-state index is 12.9. The highest BCUT2D eigenvalue weighted by Gasteiger charge is 2.38. The Hall–Kier alpha value is -2.08. The fourth-order valence-corrected chi connectivity index (χ4v) is 3.90. The van der Waals surface area contributed by atoms with Crippen LogP contribution in [0.4, 0.5) is 5.69 Å². The van der Waals surface area contributed by atoms with Crippen molar-refractivity contribution in [3.8, 4) is 0 Å². The molecule has 0 bridgehead atoms. The van der Waals surface area contributed by atoms with Gasteiger partial charge in [0.25, 0.3) is 0 Å². The van der Waals surface area contributed by atoms with Gasteiger partial charge in [-0.15, -0.1) is 0 Å². The van der Waals surface area contributed by atoms with Crippen molar-refractivity contribution in [3.05, 3.63) is 28.8 Å². The number of hydrogen-bond donors (Lipinski definition) is 0. The summed E-state index contributed by atoms with van der Waals surface area (Å²) in [4.78, 5) is 40.5. The van der Waals surface area contributed by atoms with E-state index in [0.717, 1.165) is 11.3 Å². The van der Waals surface area contributed by atoms with Crippen LogP contribution in [-0.2, 0) is 19.1 Å². The van der Waals surface area contributed by atoms with E-state index in [2.05, 4.69) is 0 Å². The summed E-state index contributed by atoms with van der Waals surface area (Å²) in [5.74, 6) is -0.730. The van der Waals surface area contributed by atoms with Crippen LogP contribution < -0.4 is 4.90 Å². The summed E-state index contributed by atoms with van der Waals surface area (Å²) in [5, 5.41) is 0.608. The quantitative estimate of drug-likeness (QED) is 0.739. The molecule has 146 valence electrons. The second-order valence-electron chi connectivity index (χ2n) is 7.19. The summed E-state index contributed by atoms with van der Waals surface area (Å²) < 4.78 is 5.07. The van der Waals surface area contributed by atoms with Gasteiger partial charge in [-0.1, -0.05) is 17.7 Å². The van der Waals surface area contributed by atoms with E-state index < -0.39 is 0 Å². The minimum absolute atomic E-state index is 0.00799. The predicted molar refractivity (Wildman–Crippen MR) is 103 cm³/mol. The molecule has 0 aromatic heterocycles. The van der Waals surface area contributed by atoms with Gasteiger partial charge in [-0.05, 0) is 44.4 Å². The molecule has 0 N–H and O–H groups in total. The Labute approximate surface area is 164 Å². The van der Waals surface area contributed by atoms with Crippen molar-refractivity contribution in [2.45, 2.75) is 33.1 Å². The molecule has 0 aliphatic carbocycles. The third-order valence-corrected chi connectivity index (χ3v) is 5.78. The molecule has 0 saturated carbocycles. The van der Waals surface area contributed by atoms with Gasteiger partial charge in [0.2, 0.25) is 11.8 Å². The third-order valence-electron chi connectivity index (χ3n) is 5.37. The number of anilines is 1. The molecule has 2 saturated heterocycles. The lowest BCUT2D eigenvalue weighted by Crippen LogP contribution is -2.44. The van der Waals surface area contributed by atoms with E-state index in [-0.39, 0.29) is 36.0 Å². The molecular formula is C20H25ClN2O4. The van der Waals surface area contributed by atoms with Gasteiger partial charge in [-0.25, -0.2) is 0 Å². The number of likely N-dealkylation sites (tertiary alicyclic amines) is 1. The van der Waals surface area contributed by atoms with Crippen molar-refractivity contribution in [3.63, 3.8) is 0 Å². The zero-order valence-corrected chi connectivity index (χ0v) is 16.5. The van der Waals surface area contributed by atoms with Gasteiger partial charge in [-0.3, -0.25) is 14.4 Å². The van der Waals surface area contributed by atoms with Crippen LogP contribution in [0.25, 0.3) is 0 Å². The number of hydrogen-bond acceptors (Lipinski definition) is 4. The Kier molecular flexibility index (Phi) is 6.05. The largest absolute Gasteiger partial charge is 0.466 e. The Bertz CT molecular complexity index is 743. The highest BCUT2D eigenvalue weighted by Crippen LogP contribution is 2.30. The molecule has 2 aliphatic rings. The zero-order valence-electron chi connectivity index (χ0n) is 15.7. The van der Waals surface area contributed by atoms with Crippen LogP contribution >= 0.6 is 11.6 Å². The van der Waals surface area contributed by atoms with Crippen LogP contribution in [0.3, 0.4) is 0 Å². The van der Waals surface area contributed by atoms with Crippen molar-refractivity contribution in [1.29, 1.82) is 0 Å². The molecule has 1 atom stereocenters. The third kappa shape index (κ3) is 4.26. The topological polar surface area (TPSA) is 66.9 Å². The van der Waals surface area contributed by atoms with Gasteiger partial charge in [0, 0.05) is 36.8 Å². The average Bonchev–Trinajstić information content (AvgIpc) is 3.05. The number of ether oxygens (including phenoxy) is 1. The molecule has 1 aromatic rings. The molecular weight excluding hydrogens is 368 g/mol. The SMILES string of the molecule is CCOC(=O)C1CCN(C(=O)[C@H]2CC(=O)N(c3ccc(C)c(Cl)c3)C2)CC1. The van der Waals surface area contributed by atoms with Gasteiger partial charge < -0.3 is 14.5 Å². The Morgan fingerprint density at radius 3 is 2.56 bits per heavy atom. The van der Waals surface area contributed by atoms with Crippen LogP contribution in [0.15, 0.2) is 18.2 Å². The monoisotopic (exact) mass is 392 g/mol. The highest BCUT2D eigenvalue weighted by atomic mass is 35.5. The second-order valence-corrected chi connectivity index (χ2v) is 7.60. The lowest BCUT2D eigenvalue weighted by molar-refractivity contribution is -0.151. The van der Waals surface area contributed by atoms with E-state index in [1.54, 1.807) is 22.8 Å². The first kappa shape index (κ1) is 19.7. The molecule has 7 heteroatoms. The van der Waals surface area contributed by atoms with E-state index in [0.29, 0.717) is 44.1 Å². The fourth-order valence-electron chi connectivity index (χ4n) is 3.73. The molecule has 0 spiro atoms. The van der Waals surface area contributed by atoms with Crippen LogP contribution in [0.1, 0.15) is 31.7 Å². The van der Waals surface area contributed by atoms with Crippen molar-refractivity contribution < 1.29 is 19.1 Å². The molecule has 0 unspecified atom stereocenters. The highest BCUT2D eigenvalue weighted by molar-refractivity contribution is 6.31. The van der Waals surface area contributed by atoms with E-state index in [9.17, 15) is 14.4 Å². The number of aryl methyl sites for hydroxylation is 1. The number of rotatable bonds is 4. The lowest BCUT2D eigenvalue weighted by atomic mass is 9.95. The fraction of sp³-hybridized carbons (Fsp3) is 0.550. The summed E-state index contributed by atoms with van der Waals surface area (Å²) in [6, 6.07) is 5.50. The molecule has 27 heavy (non-hydrogen) atoms. The summed E-state index contributed by atoms with van der Waals surface area (Å²) in [7, 11) is 0. The first-order chi connectivity index (χ1) is 12.9. The van der Waals surface area contributed by atoms with Crippen LogP contribution in [-0.4, -0.2) is 48.9 Å². The number of benzene rings is 1. The Morgan fingerprint density at radius 2 is 1.93 bits per heavy atom. The smallest absolute Gasteiger partial charge is 0.309 e. The van der Waals surface area contributed by atoms with E-state index in [4.69, 9.17) is 16.3 Å². The van der Waals surface area contributed by atoms with E-state index in [1.165, 1.54) is 0 Å². The summed E-state index contributed by atoms with van der Waals surface area (Å²) in [6.07, 6.45) is 1.44. The molecule has 2 fully saturated rings. The Balaban J connectivity index is 1.59. The number of piperidine rings is 1. The molecule has 3 rings (SSSR count). The van der Waals surface area contributed by atoms with Crippen LogP contribution in [0.2, 0.25) is 5.02 Å². The van der Waals surface area contributed by atoms with E-state index >= 15 is 0 Å². The number of amides is 2. The van der Waals surface area contributed by atoms with Crippen LogP contribution in [0, 0.1) is 18.8 Å². The molecule has 2 aliphatic heterocycles. The normalized spacial score (nSPS) is 20.9. The zero-order chi connectivity index (χ0) is 19.6. The average molecular weight is 393 g/mol. The van der Waals surface area contributed by atoms with Crippen LogP contribution in [0.5, 0.6) is 0 Å². The number of carbonyl (C=O) groups excluding carboxylic acids is 3. The molecule has 2 heterocycles. The van der Waals surface area contributed by atoms with Crippen molar-refractivity contribution >= 4 is 35.1 Å². The molecule has 2 amide bonds. The maximum Gasteiger partial charge on any atom is 0.309 e. The van der Waals surface area contributed by atoms with Gasteiger partial charge in [0.1, 0.15) is 0 Å². The first-order valence-corrected chi connectivity index (χ1v) is 9.80. The first-order valence-electron chi connectivity index (χ1n) is 9.42. The number of esters is 1. The minimum Gasteiger partial charge on any atom is -0.466 e. The standard InChI is InChI=1S/C20H25ClN2O4/c1-3-27-20(26)14-6-8-22(9-7-14)19(25)15-10-18(24)23(12-15)16-5-4-13(2)17(21)11-16/h4-5,11,14-15H,3,6-10,12H2,1-2H3/t15-/m0/s1. The van der Waals surface area contributed by atoms with Gasteiger partial charge in [-0.2, -0.15) is 0 Å². The van der Waals surface area contributed by atoms with Gasteiger partial charge in [0.15, 0.2) is 0 Å². The van der Waals surface area contributed by atoms with E-state index in [1.807, 2.05) is 19.1 Å². The summed E-state index contributed by atoms with van der Waals surface area (Å²) in [5.41, 5.74) is 1.68. The molecule has 6 nitrogen and oxygen atoms in total.